The van der Waals surface area contributed by atoms with Crippen molar-refractivity contribution < 1.29 is 19.2 Å². The fourth-order valence-electron chi connectivity index (χ4n) is 6.90. The third-order valence-electron chi connectivity index (χ3n) is 8.31. The van der Waals surface area contributed by atoms with Gasteiger partial charge in [0, 0.05) is 12.6 Å². The molecular formula is C25H46N6O4. The van der Waals surface area contributed by atoms with Crippen molar-refractivity contribution in [1.29, 1.82) is 0 Å². The molecule has 2 rings (SSSR count). The number of carbonyl (C=O) groups is 4. The van der Waals surface area contributed by atoms with Gasteiger partial charge in [0.1, 0.15) is 11.1 Å². The quantitative estimate of drug-likeness (QED) is 0.447. The molecule has 2 aliphatic heterocycles. The van der Waals surface area contributed by atoms with E-state index in [2.05, 4.69) is 0 Å². The molecule has 0 spiro atoms. The molecule has 10 nitrogen and oxygen atoms in total. The Hall–Kier alpha value is -1.88. The van der Waals surface area contributed by atoms with Crippen LogP contribution >= 0.6 is 0 Å². The summed E-state index contributed by atoms with van der Waals surface area (Å²) in [7, 11) is 0. The first-order valence-corrected chi connectivity index (χ1v) is 12.8. The molecule has 10 heteroatoms. The second kappa shape index (κ2) is 10.6. The Balaban J connectivity index is 2.59. The van der Waals surface area contributed by atoms with Crippen LogP contribution in [0.4, 0.5) is 0 Å². The molecule has 35 heavy (non-hydrogen) atoms. The predicted molar refractivity (Wildman–Crippen MR) is 134 cm³/mol. The van der Waals surface area contributed by atoms with Crippen molar-refractivity contribution in [3.63, 3.8) is 0 Å². The van der Waals surface area contributed by atoms with Gasteiger partial charge in [-0.2, -0.15) is 0 Å². The highest BCUT2D eigenvalue weighted by atomic mass is 16.2. The van der Waals surface area contributed by atoms with E-state index in [1.165, 1.54) is 0 Å². The van der Waals surface area contributed by atoms with E-state index >= 15 is 0 Å². The van der Waals surface area contributed by atoms with Crippen molar-refractivity contribution in [3.8, 4) is 0 Å². The summed E-state index contributed by atoms with van der Waals surface area (Å²) in [4.78, 5) is 59.6. The van der Waals surface area contributed by atoms with Crippen LogP contribution in [-0.2, 0) is 19.2 Å². The van der Waals surface area contributed by atoms with Crippen LogP contribution in [0.5, 0.6) is 0 Å². The SMILES string of the molecule is CC(CN1CC(=O)N(CN)C(=O)C1(C(C)C)C(C)C)N1CC(=O)N(CN)C(=O)C1(C(C)C)C(C)C. The first-order valence-electron chi connectivity index (χ1n) is 12.8. The highest BCUT2D eigenvalue weighted by Gasteiger charge is 2.59. The molecular weight excluding hydrogens is 448 g/mol. The molecule has 2 heterocycles. The summed E-state index contributed by atoms with van der Waals surface area (Å²) in [6, 6.07) is -0.297. The van der Waals surface area contributed by atoms with Gasteiger partial charge in [0.05, 0.1) is 26.4 Å². The standard InChI is InChI=1S/C25H46N6O4/c1-15(2)24(16(3)4)22(34)29(13-26)20(32)11-28(24)10-19(9)31-12-21(33)30(14-27)23(35)25(31,17(5)6)18(7)8/h15-19H,10-14,26-27H2,1-9H3. The topological polar surface area (TPSA) is 133 Å². The Morgan fingerprint density at radius 1 is 0.657 bits per heavy atom. The minimum atomic E-state index is -0.946. The fourth-order valence-corrected chi connectivity index (χ4v) is 6.90. The van der Waals surface area contributed by atoms with Crippen molar-refractivity contribution in [3.05, 3.63) is 0 Å². The van der Waals surface area contributed by atoms with Gasteiger partial charge in [-0.25, -0.2) is 0 Å². The maximum absolute atomic E-state index is 13.7. The molecule has 0 aliphatic carbocycles. The summed E-state index contributed by atoms with van der Waals surface area (Å²) in [5.74, 6) is -1.63. The lowest BCUT2D eigenvalue weighted by Gasteiger charge is -2.57. The van der Waals surface area contributed by atoms with Gasteiger partial charge in [-0.3, -0.25) is 38.8 Å². The highest BCUT2D eigenvalue weighted by molar-refractivity contribution is 6.04. The van der Waals surface area contributed by atoms with Crippen LogP contribution in [0, 0.1) is 23.7 Å². The second-order valence-corrected chi connectivity index (χ2v) is 11.2. The lowest BCUT2D eigenvalue weighted by atomic mass is 9.71. The van der Waals surface area contributed by atoms with Crippen LogP contribution in [0.25, 0.3) is 0 Å². The van der Waals surface area contributed by atoms with E-state index in [-0.39, 0.29) is 79.8 Å². The van der Waals surface area contributed by atoms with Gasteiger partial charge in [0.2, 0.25) is 11.8 Å². The summed E-state index contributed by atoms with van der Waals surface area (Å²) < 4.78 is 0. The molecule has 200 valence electrons. The summed E-state index contributed by atoms with van der Waals surface area (Å²) >= 11 is 0. The van der Waals surface area contributed by atoms with Crippen molar-refractivity contribution in [1.82, 2.24) is 19.6 Å². The van der Waals surface area contributed by atoms with E-state index in [0.717, 1.165) is 9.80 Å². The largest absolute Gasteiger partial charge is 0.313 e. The van der Waals surface area contributed by atoms with Crippen molar-refractivity contribution >= 4 is 23.6 Å². The fraction of sp³-hybridized carbons (Fsp3) is 0.840. The van der Waals surface area contributed by atoms with Gasteiger partial charge in [-0.05, 0) is 30.6 Å². The van der Waals surface area contributed by atoms with Crippen LogP contribution < -0.4 is 11.5 Å². The van der Waals surface area contributed by atoms with E-state index in [1.54, 1.807) is 0 Å². The lowest BCUT2D eigenvalue weighted by molar-refractivity contribution is -0.180. The minimum Gasteiger partial charge on any atom is -0.313 e. The van der Waals surface area contributed by atoms with Gasteiger partial charge >= 0.3 is 0 Å². The maximum atomic E-state index is 13.7. The van der Waals surface area contributed by atoms with E-state index in [9.17, 15) is 19.2 Å². The first-order chi connectivity index (χ1) is 16.2. The number of nitrogens with zero attached hydrogens (tertiary/aromatic N) is 4. The summed E-state index contributed by atoms with van der Waals surface area (Å²) in [6.45, 7) is 18.0. The number of hydrogen-bond acceptors (Lipinski definition) is 8. The van der Waals surface area contributed by atoms with Crippen LogP contribution in [0.3, 0.4) is 0 Å². The molecule has 0 saturated carbocycles. The predicted octanol–water partition coefficient (Wildman–Crippen LogP) is 0.651. The van der Waals surface area contributed by atoms with Crippen LogP contribution in [0.15, 0.2) is 0 Å². The number of hydrogen-bond donors (Lipinski definition) is 2. The smallest absolute Gasteiger partial charge is 0.251 e. The maximum Gasteiger partial charge on any atom is 0.251 e. The molecule has 2 aliphatic rings. The van der Waals surface area contributed by atoms with Crippen molar-refractivity contribution in [2.24, 2.45) is 35.1 Å². The molecule has 0 aromatic rings. The number of imide groups is 2. The molecule has 4 amide bonds. The van der Waals surface area contributed by atoms with Gasteiger partial charge in [0.25, 0.3) is 11.8 Å². The van der Waals surface area contributed by atoms with Crippen molar-refractivity contribution in [2.75, 3.05) is 33.0 Å². The Kier molecular flexibility index (Phi) is 8.91. The van der Waals surface area contributed by atoms with Crippen LogP contribution in [-0.4, -0.2) is 93.3 Å². The van der Waals surface area contributed by atoms with Gasteiger partial charge in [-0.1, -0.05) is 55.4 Å². The highest BCUT2D eigenvalue weighted by Crippen LogP contribution is 2.41. The normalized spacial score (nSPS) is 22.9. The number of rotatable bonds is 9. The average Bonchev–Trinajstić information content (AvgIpc) is 2.72. The second-order valence-electron chi connectivity index (χ2n) is 11.2. The number of amides is 4. The molecule has 2 fully saturated rings. The number of nitrogens with two attached hydrogens (primary N) is 2. The van der Waals surface area contributed by atoms with Gasteiger partial charge < -0.3 is 11.5 Å². The molecule has 2 saturated heterocycles. The van der Waals surface area contributed by atoms with E-state index in [0.29, 0.717) is 6.54 Å². The summed E-state index contributed by atoms with van der Waals surface area (Å²) in [6.07, 6.45) is 0. The Labute approximate surface area is 210 Å². The number of carbonyl (C=O) groups excluding carboxylic acids is 4. The summed E-state index contributed by atoms with van der Waals surface area (Å²) in [5, 5.41) is 0. The van der Waals surface area contributed by atoms with Gasteiger partial charge in [-0.15, -0.1) is 0 Å². The van der Waals surface area contributed by atoms with Crippen molar-refractivity contribution in [2.45, 2.75) is 79.4 Å². The average molecular weight is 495 g/mol. The third-order valence-corrected chi connectivity index (χ3v) is 8.31. The van der Waals surface area contributed by atoms with E-state index in [1.807, 2.05) is 72.1 Å². The molecule has 1 atom stereocenters. The number of piperazine rings is 2. The minimum absolute atomic E-state index is 0.0431. The molecule has 0 bridgehead atoms. The summed E-state index contributed by atoms with van der Waals surface area (Å²) in [5.41, 5.74) is 9.71. The van der Waals surface area contributed by atoms with E-state index < -0.39 is 11.1 Å². The zero-order valence-corrected chi connectivity index (χ0v) is 23.0. The van der Waals surface area contributed by atoms with E-state index in [4.69, 9.17) is 11.5 Å². The Morgan fingerprint density at radius 2 is 1.03 bits per heavy atom. The molecule has 1 unspecified atom stereocenters. The van der Waals surface area contributed by atoms with Crippen LogP contribution in [0.1, 0.15) is 62.3 Å². The zero-order valence-electron chi connectivity index (χ0n) is 23.0. The van der Waals surface area contributed by atoms with Crippen LogP contribution in [0.2, 0.25) is 0 Å². The first kappa shape index (κ1) is 29.4. The monoisotopic (exact) mass is 494 g/mol. The molecule has 0 aromatic carbocycles. The Morgan fingerprint density at radius 3 is 1.40 bits per heavy atom. The third kappa shape index (κ3) is 4.32. The molecule has 0 radical (unpaired) electrons. The Bertz CT molecular complexity index is 824. The van der Waals surface area contributed by atoms with Gasteiger partial charge in [0.15, 0.2) is 0 Å². The zero-order chi connectivity index (χ0) is 27.0. The molecule has 4 N–H and O–H groups in total. The molecule has 0 aromatic heterocycles. The lowest BCUT2D eigenvalue weighted by Crippen LogP contribution is -2.77.